The fourth-order valence-electron chi connectivity index (χ4n) is 4.60. The Balaban J connectivity index is 2.47. The number of benzene rings is 2. The minimum Gasteiger partial charge on any atom is -0.497 e. The first-order valence-corrected chi connectivity index (χ1v) is 14.7. The number of fused-ring (bicyclic) bond motifs is 1. The molecule has 6 atom stereocenters. The Morgan fingerprint density at radius 1 is 0.766 bits per heavy atom. The lowest BCUT2D eigenvalue weighted by atomic mass is 9.97. The van der Waals surface area contributed by atoms with Crippen molar-refractivity contribution in [2.45, 2.75) is 84.8 Å². The van der Waals surface area contributed by atoms with Crippen LogP contribution in [0.15, 0.2) is 41.4 Å². The molecule has 5 unspecified atom stereocenters. The van der Waals surface area contributed by atoms with Gasteiger partial charge in [-0.15, -0.1) is 0 Å². The molecule has 1 N–H and O–H groups in total. The summed E-state index contributed by atoms with van der Waals surface area (Å²) in [4.78, 5) is 77.7. The van der Waals surface area contributed by atoms with Crippen molar-refractivity contribution in [1.82, 2.24) is 0 Å². The molecule has 0 aliphatic heterocycles. The highest BCUT2D eigenvalue weighted by atomic mass is 16.6. The molecule has 0 saturated carbocycles. The van der Waals surface area contributed by atoms with Crippen molar-refractivity contribution in [2.75, 3.05) is 13.7 Å². The van der Waals surface area contributed by atoms with Crippen molar-refractivity contribution in [2.24, 2.45) is 10.9 Å². The Labute approximate surface area is 272 Å². The summed E-state index contributed by atoms with van der Waals surface area (Å²) >= 11 is 0. The number of hydrogen-bond donors (Lipinski definition) is 1. The van der Waals surface area contributed by atoms with E-state index in [-0.39, 0.29) is 0 Å². The van der Waals surface area contributed by atoms with Crippen LogP contribution in [0, 0.1) is 5.92 Å². The Morgan fingerprint density at radius 3 is 1.85 bits per heavy atom. The Kier molecular flexibility index (Phi) is 14.3. The summed E-state index contributed by atoms with van der Waals surface area (Å²) in [6.07, 6.45) is -5.68. The quantitative estimate of drug-likeness (QED) is 0.157. The number of esters is 5. The fourth-order valence-corrected chi connectivity index (χ4v) is 4.60. The number of rotatable bonds is 16. The van der Waals surface area contributed by atoms with E-state index < -0.39 is 84.7 Å². The molecule has 0 fully saturated rings. The number of carboxylic acid groups (broad SMARTS) is 1. The zero-order valence-electron chi connectivity index (χ0n) is 27.6. The van der Waals surface area contributed by atoms with Crippen LogP contribution in [0.2, 0.25) is 0 Å². The molecule has 0 amide bonds. The number of carbonyl (C=O) groups excluding carboxylic acids is 5. The van der Waals surface area contributed by atoms with E-state index in [1.807, 2.05) is 24.3 Å². The SMILES string of the molecule is COc1ccc2cc(C(C)C(=O)OCC(OC(C)=O)C(OC(C)=O)C(OC(C)=O)C(C=N[C@H](C(=O)O)C(C)C)OC(C)=O)ccc2c1. The zero-order valence-corrected chi connectivity index (χ0v) is 27.6. The van der Waals surface area contributed by atoms with Gasteiger partial charge in [0.15, 0.2) is 24.4 Å². The van der Waals surface area contributed by atoms with E-state index in [1.165, 1.54) is 0 Å². The number of aliphatic imine (C=N–C) groups is 1. The second-order valence-electron chi connectivity index (χ2n) is 11.0. The average Bonchev–Trinajstić information content (AvgIpc) is 2.98. The van der Waals surface area contributed by atoms with Gasteiger partial charge in [0.2, 0.25) is 0 Å². The first-order chi connectivity index (χ1) is 22.0. The van der Waals surface area contributed by atoms with Gasteiger partial charge in [-0.2, -0.15) is 0 Å². The van der Waals surface area contributed by atoms with Gasteiger partial charge in [-0.05, 0) is 41.3 Å². The largest absolute Gasteiger partial charge is 0.497 e. The molecular weight excluding hydrogens is 618 g/mol. The lowest BCUT2D eigenvalue weighted by Crippen LogP contribution is -2.53. The number of carbonyl (C=O) groups is 6. The molecule has 0 aromatic heterocycles. The third kappa shape index (κ3) is 11.7. The Bertz CT molecular complexity index is 1480. The standard InChI is InChI=1S/C33H41NO13/c1-17(2)29(32(39)40)34-15-27(44-19(4)35)30(46-21(6)37)31(47-22(7)38)28(45-20(5)36)16-43-33(41)18(3)23-9-10-25-14-26(42-8)12-11-24(25)13-23/h9-15,17-18,27-31H,16H2,1-8H3,(H,39,40)/t18?,27?,28?,29-,30?,31?/m0/s1. The van der Waals surface area contributed by atoms with Crippen LogP contribution in [-0.4, -0.2) is 91.3 Å². The molecule has 0 bridgehead atoms. The van der Waals surface area contributed by atoms with Crippen LogP contribution in [0.4, 0.5) is 0 Å². The van der Waals surface area contributed by atoms with Crippen molar-refractivity contribution in [1.29, 1.82) is 0 Å². The number of nitrogens with zero attached hydrogens (tertiary/aromatic N) is 1. The molecule has 2 aromatic carbocycles. The highest BCUT2D eigenvalue weighted by Gasteiger charge is 2.44. The van der Waals surface area contributed by atoms with Crippen molar-refractivity contribution in [3.63, 3.8) is 0 Å². The number of methoxy groups -OCH3 is 1. The summed E-state index contributed by atoms with van der Waals surface area (Å²) in [6.45, 7) is 8.29. The second-order valence-corrected chi connectivity index (χ2v) is 11.0. The molecule has 0 radical (unpaired) electrons. The Morgan fingerprint density at radius 2 is 1.32 bits per heavy atom. The van der Waals surface area contributed by atoms with Gasteiger partial charge in [-0.3, -0.25) is 29.0 Å². The molecule has 0 spiro atoms. The molecule has 0 heterocycles. The summed E-state index contributed by atoms with van der Waals surface area (Å²) in [5.74, 6) is -6.19. The minimum atomic E-state index is -1.72. The highest BCUT2D eigenvalue weighted by Crippen LogP contribution is 2.27. The van der Waals surface area contributed by atoms with E-state index in [9.17, 15) is 33.9 Å². The van der Waals surface area contributed by atoms with Gasteiger partial charge >= 0.3 is 35.8 Å². The summed E-state index contributed by atoms with van der Waals surface area (Å²) in [5, 5.41) is 11.3. The smallest absolute Gasteiger partial charge is 0.328 e. The number of carboxylic acids is 1. The lowest BCUT2D eigenvalue weighted by molar-refractivity contribution is -0.198. The maximum atomic E-state index is 13.2. The predicted molar refractivity (Wildman–Crippen MR) is 167 cm³/mol. The summed E-state index contributed by atoms with van der Waals surface area (Å²) in [6, 6.07) is 9.58. The summed E-state index contributed by atoms with van der Waals surface area (Å²) in [5.41, 5.74) is 0.621. The van der Waals surface area contributed by atoms with E-state index in [2.05, 4.69) is 4.99 Å². The summed E-state index contributed by atoms with van der Waals surface area (Å²) < 4.78 is 32.3. The van der Waals surface area contributed by atoms with Crippen molar-refractivity contribution < 1.29 is 62.3 Å². The third-order valence-corrected chi connectivity index (χ3v) is 6.83. The molecule has 0 aliphatic carbocycles. The van der Waals surface area contributed by atoms with E-state index in [0.29, 0.717) is 11.3 Å². The van der Waals surface area contributed by atoms with Crippen LogP contribution in [0.3, 0.4) is 0 Å². The molecule has 256 valence electrons. The van der Waals surface area contributed by atoms with Gasteiger partial charge in [0.05, 0.1) is 13.0 Å². The summed E-state index contributed by atoms with van der Waals surface area (Å²) in [7, 11) is 1.56. The maximum Gasteiger partial charge on any atom is 0.328 e. The van der Waals surface area contributed by atoms with E-state index >= 15 is 0 Å². The molecule has 2 aromatic rings. The molecular formula is C33H41NO13. The molecule has 0 saturated heterocycles. The monoisotopic (exact) mass is 659 g/mol. The van der Waals surface area contributed by atoms with E-state index in [4.69, 9.17) is 28.4 Å². The third-order valence-electron chi connectivity index (χ3n) is 6.83. The molecule has 0 aliphatic rings. The Hall–Kier alpha value is -5.01. The number of aliphatic carboxylic acids is 1. The topological polar surface area (TPSA) is 190 Å². The highest BCUT2D eigenvalue weighted by molar-refractivity contribution is 5.87. The molecule has 14 nitrogen and oxygen atoms in total. The zero-order chi connectivity index (χ0) is 35.4. The number of ether oxygens (including phenoxy) is 6. The molecule has 14 heteroatoms. The van der Waals surface area contributed by atoms with Gasteiger partial charge < -0.3 is 33.5 Å². The molecule has 47 heavy (non-hydrogen) atoms. The molecule has 2 rings (SSSR count). The number of hydrogen-bond acceptors (Lipinski definition) is 13. The predicted octanol–water partition coefficient (Wildman–Crippen LogP) is 3.40. The average molecular weight is 660 g/mol. The van der Waals surface area contributed by atoms with Crippen molar-refractivity contribution >= 4 is 52.8 Å². The second kappa shape index (κ2) is 17.6. The van der Waals surface area contributed by atoms with Crippen LogP contribution in [0.25, 0.3) is 10.8 Å². The van der Waals surface area contributed by atoms with E-state index in [1.54, 1.807) is 40.0 Å². The van der Waals surface area contributed by atoms with Crippen molar-refractivity contribution in [3.05, 3.63) is 42.0 Å². The fraction of sp³-hybridized carbons (Fsp3) is 0.485. The van der Waals surface area contributed by atoms with Crippen LogP contribution in [-0.2, 0) is 52.5 Å². The van der Waals surface area contributed by atoms with Gasteiger partial charge in [0.25, 0.3) is 0 Å². The van der Waals surface area contributed by atoms with Crippen LogP contribution >= 0.6 is 0 Å². The lowest BCUT2D eigenvalue weighted by Gasteiger charge is -2.34. The van der Waals surface area contributed by atoms with Crippen LogP contribution in [0.5, 0.6) is 5.75 Å². The maximum absolute atomic E-state index is 13.2. The van der Waals surface area contributed by atoms with Gasteiger partial charge in [-0.25, -0.2) is 4.79 Å². The van der Waals surface area contributed by atoms with Crippen LogP contribution in [0.1, 0.15) is 59.9 Å². The normalized spacial score (nSPS) is 15.1. The first-order valence-electron chi connectivity index (χ1n) is 14.7. The van der Waals surface area contributed by atoms with E-state index in [0.717, 1.165) is 44.7 Å². The van der Waals surface area contributed by atoms with Crippen molar-refractivity contribution in [3.8, 4) is 5.75 Å². The van der Waals surface area contributed by atoms with Crippen LogP contribution < -0.4 is 4.74 Å². The van der Waals surface area contributed by atoms with Gasteiger partial charge in [-0.1, -0.05) is 38.1 Å². The first kappa shape index (κ1) is 38.2. The minimum absolute atomic E-state index is 0.487. The van der Waals surface area contributed by atoms with Gasteiger partial charge in [0, 0.05) is 33.9 Å². The van der Waals surface area contributed by atoms with Gasteiger partial charge in [0.1, 0.15) is 18.4 Å².